The number of benzene rings is 2. The average Bonchev–Trinajstić information content (AvgIpc) is 2.97. The number of fused-ring (bicyclic) bond motifs is 2. The van der Waals surface area contributed by atoms with Crippen molar-refractivity contribution in [3.05, 3.63) is 71.4 Å². The van der Waals surface area contributed by atoms with Crippen LogP contribution in [0.4, 0.5) is 5.69 Å². The molecule has 2 heterocycles. The van der Waals surface area contributed by atoms with Crippen LogP contribution in [-0.2, 0) is 13.0 Å². The summed E-state index contributed by atoms with van der Waals surface area (Å²) in [5.41, 5.74) is 9.70. The third-order valence-corrected chi connectivity index (χ3v) is 6.00. The van der Waals surface area contributed by atoms with Crippen molar-refractivity contribution in [2.24, 2.45) is 10.7 Å². The van der Waals surface area contributed by atoms with Crippen molar-refractivity contribution < 1.29 is 9.53 Å². The van der Waals surface area contributed by atoms with E-state index in [1.54, 1.807) is 13.1 Å². The van der Waals surface area contributed by atoms with Crippen LogP contribution < -0.4 is 15.8 Å². The van der Waals surface area contributed by atoms with Gasteiger partial charge in [0.1, 0.15) is 18.2 Å². The highest BCUT2D eigenvalue weighted by Crippen LogP contribution is 2.27. The van der Waals surface area contributed by atoms with Gasteiger partial charge >= 0.3 is 0 Å². The number of amides is 1. The molecule has 0 unspecified atom stereocenters. The first-order valence-corrected chi connectivity index (χ1v) is 11.2. The van der Waals surface area contributed by atoms with E-state index in [9.17, 15) is 4.79 Å². The van der Waals surface area contributed by atoms with Gasteiger partial charge in [0, 0.05) is 38.9 Å². The smallest absolute Gasteiger partial charge is 0.257 e. The molecule has 7 nitrogen and oxygen atoms in total. The van der Waals surface area contributed by atoms with Crippen molar-refractivity contribution in [3.63, 3.8) is 0 Å². The van der Waals surface area contributed by atoms with Gasteiger partial charge in [0.05, 0.1) is 12.1 Å². The summed E-state index contributed by atoms with van der Waals surface area (Å²) >= 11 is 0. The first kappa shape index (κ1) is 21.9. The van der Waals surface area contributed by atoms with Crippen LogP contribution in [0.15, 0.2) is 59.7 Å². The van der Waals surface area contributed by atoms with E-state index in [4.69, 9.17) is 10.5 Å². The highest BCUT2D eigenvalue weighted by molar-refractivity contribution is 6.05. The Kier molecular flexibility index (Phi) is 7.07. The minimum absolute atomic E-state index is 0.00879. The lowest BCUT2D eigenvalue weighted by molar-refractivity contribution is 0.0746. The largest absolute Gasteiger partial charge is 0.491 e. The third kappa shape index (κ3) is 5.11. The molecule has 0 bridgehead atoms. The fraction of sp³-hybridized carbons (Fsp3) is 0.360. The molecule has 4 rings (SSSR count). The van der Waals surface area contributed by atoms with Crippen LogP contribution in [0.2, 0.25) is 0 Å². The van der Waals surface area contributed by atoms with Gasteiger partial charge in [-0.05, 0) is 54.4 Å². The summed E-state index contributed by atoms with van der Waals surface area (Å²) in [7, 11) is 1.68. The number of hydrogen-bond acceptors (Lipinski definition) is 5. The number of nitrogens with zero attached hydrogens (tertiary/aromatic N) is 3. The lowest BCUT2D eigenvalue weighted by atomic mass is 10.00. The van der Waals surface area contributed by atoms with E-state index in [0.717, 1.165) is 44.7 Å². The molecule has 2 aliphatic rings. The number of carbonyl (C=O) groups is 1. The molecule has 3 N–H and O–H groups in total. The highest BCUT2D eigenvalue weighted by Gasteiger charge is 2.24. The Hall–Kier alpha value is -3.32. The van der Waals surface area contributed by atoms with Crippen LogP contribution in [0.25, 0.3) is 0 Å². The molecule has 0 spiro atoms. The summed E-state index contributed by atoms with van der Waals surface area (Å²) in [5, 5.41) is 3.18. The normalized spacial score (nSPS) is 17.0. The predicted molar refractivity (Wildman–Crippen MR) is 128 cm³/mol. The van der Waals surface area contributed by atoms with Crippen molar-refractivity contribution in [1.82, 2.24) is 9.80 Å². The van der Waals surface area contributed by atoms with Gasteiger partial charge in [0.25, 0.3) is 5.91 Å². The lowest BCUT2D eigenvalue weighted by Gasteiger charge is -2.29. The number of nitrogens with two attached hydrogens (primary N) is 1. The standard InChI is InChI=1S/C25H31N5O2/c1-27-24(9-11-26)28-21-7-8-23-22(17-21)25(31)30(15-16-32-23)13-4-12-29-14-10-19-5-2-3-6-20(19)18-29/h2-3,5-9,11,17H,4,10,12-16,18,26H2,1H3,(H,27,28)/b11-9-. The van der Waals surface area contributed by atoms with Crippen molar-refractivity contribution >= 4 is 17.4 Å². The van der Waals surface area contributed by atoms with Gasteiger partial charge in [0.2, 0.25) is 0 Å². The Balaban J connectivity index is 1.37. The zero-order valence-electron chi connectivity index (χ0n) is 18.6. The summed E-state index contributed by atoms with van der Waals surface area (Å²) in [5.74, 6) is 1.25. The SMILES string of the molecule is CN=C(/C=C\N)Nc1ccc2c(c1)C(=O)N(CCCN1CCc3ccccc3C1)CCO2. The monoisotopic (exact) mass is 433 g/mol. The quantitative estimate of drug-likeness (QED) is 0.541. The summed E-state index contributed by atoms with van der Waals surface area (Å²) < 4.78 is 5.85. The molecule has 0 saturated carbocycles. The maximum Gasteiger partial charge on any atom is 0.257 e. The fourth-order valence-electron chi connectivity index (χ4n) is 4.29. The Morgan fingerprint density at radius 1 is 1.19 bits per heavy atom. The minimum Gasteiger partial charge on any atom is -0.491 e. The first-order chi connectivity index (χ1) is 15.7. The van der Waals surface area contributed by atoms with Crippen molar-refractivity contribution in [1.29, 1.82) is 0 Å². The van der Waals surface area contributed by atoms with E-state index >= 15 is 0 Å². The summed E-state index contributed by atoms with van der Waals surface area (Å²) in [6, 6.07) is 14.2. The first-order valence-electron chi connectivity index (χ1n) is 11.2. The van der Waals surface area contributed by atoms with Gasteiger partial charge in [0.15, 0.2) is 0 Å². The lowest BCUT2D eigenvalue weighted by Crippen LogP contribution is -2.36. The second-order valence-electron chi connectivity index (χ2n) is 8.09. The average molecular weight is 434 g/mol. The van der Waals surface area contributed by atoms with Gasteiger partial charge in [-0.3, -0.25) is 14.7 Å². The second kappa shape index (κ2) is 10.3. The van der Waals surface area contributed by atoms with Gasteiger partial charge < -0.3 is 20.7 Å². The Bertz CT molecular complexity index is 1020. The van der Waals surface area contributed by atoms with E-state index in [1.165, 1.54) is 17.3 Å². The molecular weight excluding hydrogens is 402 g/mol. The Morgan fingerprint density at radius 2 is 2.03 bits per heavy atom. The number of carbonyl (C=O) groups excluding carboxylic acids is 1. The van der Waals surface area contributed by atoms with Crippen LogP contribution in [0.3, 0.4) is 0 Å². The number of amidine groups is 1. The van der Waals surface area contributed by atoms with Gasteiger partial charge in [-0.2, -0.15) is 0 Å². The molecular formula is C25H31N5O2. The maximum absolute atomic E-state index is 13.3. The molecule has 0 aliphatic carbocycles. The summed E-state index contributed by atoms with van der Waals surface area (Å²) in [6.07, 6.45) is 5.14. The van der Waals surface area contributed by atoms with Gasteiger partial charge in [-0.25, -0.2) is 0 Å². The summed E-state index contributed by atoms with van der Waals surface area (Å²) in [6.45, 7) is 4.86. The number of hydrogen-bond donors (Lipinski definition) is 2. The minimum atomic E-state index is 0.00879. The number of nitrogens with one attached hydrogen (secondary N) is 1. The van der Waals surface area contributed by atoms with Crippen LogP contribution in [0.1, 0.15) is 27.9 Å². The summed E-state index contributed by atoms with van der Waals surface area (Å²) in [4.78, 5) is 21.8. The Labute approximate surface area is 189 Å². The molecule has 2 aromatic carbocycles. The predicted octanol–water partition coefficient (Wildman–Crippen LogP) is 2.88. The number of aliphatic imine (C=N–C) groups is 1. The number of ether oxygens (including phenoxy) is 1. The van der Waals surface area contributed by atoms with E-state index in [-0.39, 0.29) is 5.91 Å². The molecule has 0 atom stereocenters. The maximum atomic E-state index is 13.3. The molecule has 0 fully saturated rings. The Morgan fingerprint density at radius 3 is 2.84 bits per heavy atom. The molecule has 32 heavy (non-hydrogen) atoms. The van der Waals surface area contributed by atoms with E-state index in [1.807, 2.05) is 23.1 Å². The van der Waals surface area contributed by atoms with Crippen molar-refractivity contribution in [2.75, 3.05) is 45.2 Å². The van der Waals surface area contributed by atoms with Gasteiger partial charge in [-0.15, -0.1) is 0 Å². The van der Waals surface area contributed by atoms with E-state index in [2.05, 4.69) is 39.5 Å². The second-order valence-corrected chi connectivity index (χ2v) is 8.09. The zero-order valence-corrected chi connectivity index (χ0v) is 18.6. The molecule has 0 radical (unpaired) electrons. The van der Waals surface area contributed by atoms with Crippen molar-refractivity contribution in [2.45, 2.75) is 19.4 Å². The number of rotatable bonds is 6. The molecule has 7 heteroatoms. The molecule has 0 aromatic heterocycles. The van der Waals surface area contributed by atoms with E-state index < -0.39 is 0 Å². The van der Waals surface area contributed by atoms with Crippen LogP contribution in [0.5, 0.6) is 5.75 Å². The topological polar surface area (TPSA) is 83.2 Å². The third-order valence-electron chi connectivity index (χ3n) is 6.00. The molecule has 1 amide bonds. The van der Waals surface area contributed by atoms with Crippen molar-refractivity contribution in [3.8, 4) is 5.75 Å². The molecule has 168 valence electrons. The fourth-order valence-corrected chi connectivity index (χ4v) is 4.29. The van der Waals surface area contributed by atoms with Gasteiger partial charge in [-0.1, -0.05) is 24.3 Å². The molecule has 0 saturated heterocycles. The number of anilines is 1. The van der Waals surface area contributed by atoms with Crippen LogP contribution in [-0.4, -0.2) is 61.4 Å². The van der Waals surface area contributed by atoms with Crippen LogP contribution >= 0.6 is 0 Å². The molecule has 2 aliphatic heterocycles. The highest BCUT2D eigenvalue weighted by atomic mass is 16.5. The zero-order chi connectivity index (χ0) is 22.3. The molecule has 2 aromatic rings. The van der Waals surface area contributed by atoms with Crippen LogP contribution in [0, 0.1) is 0 Å². The van der Waals surface area contributed by atoms with E-state index in [0.29, 0.717) is 30.3 Å².